The molecule has 0 aliphatic carbocycles. The van der Waals surface area contributed by atoms with Crippen LogP contribution in [0.25, 0.3) is 0 Å². The normalized spacial score (nSPS) is 14.8. The van der Waals surface area contributed by atoms with Gasteiger partial charge in [-0.15, -0.1) is 0 Å². The number of benzene rings is 1. The van der Waals surface area contributed by atoms with E-state index in [9.17, 15) is 0 Å². The number of methoxy groups -OCH3 is 1. The minimum absolute atomic E-state index is 0.00836. The maximum Gasteiger partial charge on any atom is 0.0763 e. The summed E-state index contributed by atoms with van der Waals surface area (Å²) in [6.07, 6.45) is 0.692. The van der Waals surface area contributed by atoms with Gasteiger partial charge in [0.1, 0.15) is 0 Å². The van der Waals surface area contributed by atoms with Gasteiger partial charge in [-0.3, -0.25) is 11.3 Å². The van der Waals surface area contributed by atoms with Crippen LogP contribution in [-0.2, 0) is 11.2 Å². The number of hydrazine groups is 1. The molecule has 0 aromatic heterocycles. The van der Waals surface area contributed by atoms with Crippen molar-refractivity contribution in [2.75, 3.05) is 7.11 Å². The molecule has 0 fully saturated rings. The summed E-state index contributed by atoms with van der Waals surface area (Å²) in [6.45, 7) is 4.19. The Balaban J connectivity index is 2.88. The summed E-state index contributed by atoms with van der Waals surface area (Å²) in [5, 5.41) is 1.14. The van der Waals surface area contributed by atoms with Gasteiger partial charge in [-0.25, -0.2) is 0 Å². The van der Waals surface area contributed by atoms with E-state index < -0.39 is 0 Å². The maximum atomic E-state index is 6.18. The fourth-order valence-corrected chi connectivity index (χ4v) is 2.51. The van der Waals surface area contributed by atoms with Gasteiger partial charge in [0.25, 0.3) is 0 Å². The van der Waals surface area contributed by atoms with Gasteiger partial charge >= 0.3 is 0 Å². The van der Waals surface area contributed by atoms with Crippen LogP contribution in [0.4, 0.5) is 0 Å². The van der Waals surface area contributed by atoms with E-state index in [1.807, 2.05) is 12.1 Å². The van der Waals surface area contributed by atoms with E-state index in [-0.39, 0.29) is 12.1 Å². The molecule has 0 spiro atoms. The highest BCUT2D eigenvalue weighted by molar-refractivity contribution is 6.42. The average molecular weight is 291 g/mol. The van der Waals surface area contributed by atoms with Gasteiger partial charge in [0.2, 0.25) is 0 Å². The van der Waals surface area contributed by atoms with Crippen LogP contribution in [0.3, 0.4) is 0 Å². The molecule has 0 bridgehead atoms. The van der Waals surface area contributed by atoms with Gasteiger partial charge in [-0.2, -0.15) is 0 Å². The van der Waals surface area contributed by atoms with Crippen LogP contribution in [0.2, 0.25) is 10.0 Å². The van der Waals surface area contributed by atoms with Crippen LogP contribution < -0.4 is 11.3 Å². The van der Waals surface area contributed by atoms with E-state index >= 15 is 0 Å². The highest BCUT2D eigenvalue weighted by Crippen LogP contribution is 2.27. The molecule has 0 radical (unpaired) electrons. The van der Waals surface area contributed by atoms with Gasteiger partial charge in [-0.05, 0) is 24.0 Å². The molecule has 18 heavy (non-hydrogen) atoms. The molecule has 1 aromatic carbocycles. The molecule has 1 aromatic rings. The first-order valence-electron chi connectivity index (χ1n) is 5.93. The first kappa shape index (κ1) is 15.7. The second kappa shape index (κ2) is 7.31. The second-order valence-electron chi connectivity index (χ2n) is 4.63. The smallest absolute Gasteiger partial charge is 0.0763 e. The lowest BCUT2D eigenvalue weighted by Gasteiger charge is -2.28. The lowest BCUT2D eigenvalue weighted by atomic mass is 9.94. The first-order valence-corrected chi connectivity index (χ1v) is 6.68. The molecule has 0 saturated heterocycles. The number of rotatable bonds is 6. The van der Waals surface area contributed by atoms with Gasteiger partial charge < -0.3 is 4.74 Å². The van der Waals surface area contributed by atoms with Crippen molar-refractivity contribution in [1.82, 2.24) is 5.43 Å². The Labute approximate surface area is 119 Å². The van der Waals surface area contributed by atoms with E-state index in [0.717, 1.165) is 5.56 Å². The Bertz CT molecular complexity index is 385. The minimum atomic E-state index is -0.00836. The summed E-state index contributed by atoms with van der Waals surface area (Å²) in [7, 11) is 1.69. The quantitative estimate of drug-likeness (QED) is 0.625. The molecule has 2 unspecified atom stereocenters. The van der Waals surface area contributed by atoms with E-state index in [1.54, 1.807) is 13.2 Å². The van der Waals surface area contributed by atoms with Crippen molar-refractivity contribution in [3.05, 3.63) is 33.8 Å². The van der Waals surface area contributed by atoms with Crippen molar-refractivity contribution in [2.24, 2.45) is 11.8 Å². The van der Waals surface area contributed by atoms with Crippen LogP contribution >= 0.6 is 23.2 Å². The summed E-state index contributed by atoms with van der Waals surface area (Å²) >= 11 is 12.2. The Morgan fingerprint density at radius 2 is 2.00 bits per heavy atom. The van der Waals surface area contributed by atoms with Crippen molar-refractivity contribution < 1.29 is 4.74 Å². The summed E-state index contributed by atoms with van der Waals surface area (Å²) in [6, 6.07) is 5.60. The van der Waals surface area contributed by atoms with Crippen molar-refractivity contribution in [3.63, 3.8) is 0 Å². The Hall–Kier alpha value is -0.320. The molecule has 3 nitrogen and oxygen atoms in total. The molecule has 0 aliphatic heterocycles. The molecule has 2 atom stereocenters. The standard InChI is InChI=1S/C13H20Cl2N2O/c1-8(2)13(18-3)11(17-16)7-9-5-4-6-10(14)12(9)15/h4-6,8,11,13,17H,7,16H2,1-3H3. The molecule has 102 valence electrons. The van der Waals surface area contributed by atoms with Crippen LogP contribution in [0.5, 0.6) is 0 Å². The maximum absolute atomic E-state index is 6.18. The number of nitrogens with one attached hydrogen (secondary N) is 1. The van der Waals surface area contributed by atoms with Gasteiger partial charge in [0.05, 0.1) is 22.2 Å². The molecule has 0 aliphatic rings. The summed E-state index contributed by atoms with van der Waals surface area (Å²) < 4.78 is 5.49. The molecule has 1 rings (SSSR count). The predicted molar refractivity (Wildman–Crippen MR) is 76.9 cm³/mol. The van der Waals surface area contributed by atoms with E-state index in [2.05, 4.69) is 19.3 Å². The molecular weight excluding hydrogens is 271 g/mol. The van der Waals surface area contributed by atoms with E-state index in [1.165, 1.54) is 0 Å². The number of halogens is 2. The van der Waals surface area contributed by atoms with Crippen LogP contribution in [0.1, 0.15) is 19.4 Å². The third-order valence-electron chi connectivity index (χ3n) is 3.01. The van der Waals surface area contributed by atoms with Crippen molar-refractivity contribution in [2.45, 2.75) is 32.4 Å². The fraction of sp³-hybridized carbons (Fsp3) is 0.538. The SMILES string of the molecule is COC(C(C)C)C(Cc1cccc(Cl)c1Cl)NN. The summed E-state index contributed by atoms with van der Waals surface area (Å²) in [5.41, 5.74) is 3.77. The molecule has 0 saturated carbocycles. The molecule has 0 amide bonds. The largest absolute Gasteiger partial charge is 0.380 e. The summed E-state index contributed by atoms with van der Waals surface area (Å²) in [4.78, 5) is 0. The third kappa shape index (κ3) is 3.84. The first-order chi connectivity index (χ1) is 8.51. The lowest BCUT2D eigenvalue weighted by Crippen LogP contribution is -2.48. The van der Waals surface area contributed by atoms with Crippen molar-refractivity contribution >= 4 is 23.2 Å². The van der Waals surface area contributed by atoms with E-state index in [0.29, 0.717) is 22.4 Å². The van der Waals surface area contributed by atoms with Gasteiger partial charge in [-0.1, -0.05) is 49.2 Å². The average Bonchev–Trinajstić information content (AvgIpc) is 2.33. The minimum Gasteiger partial charge on any atom is -0.380 e. The lowest BCUT2D eigenvalue weighted by molar-refractivity contribution is 0.0332. The second-order valence-corrected chi connectivity index (χ2v) is 5.42. The van der Waals surface area contributed by atoms with Crippen LogP contribution in [-0.4, -0.2) is 19.3 Å². The summed E-state index contributed by atoms with van der Waals surface area (Å²) in [5.74, 6) is 5.97. The van der Waals surface area contributed by atoms with Gasteiger partial charge in [0.15, 0.2) is 0 Å². The Morgan fingerprint density at radius 3 is 2.50 bits per heavy atom. The zero-order chi connectivity index (χ0) is 13.7. The molecule has 0 heterocycles. The third-order valence-corrected chi connectivity index (χ3v) is 3.87. The number of nitrogens with two attached hydrogens (primary N) is 1. The molecule has 3 N–H and O–H groups in total. The van der Waals surface area contributed by atoms with Crippen LogP contribution in [0.15, 0.2) is 18.2 Å². The Kier molecular flexibility index (Phi) is 6.39. The number of hydrogen-bond donors (Lipinski definition) is 2. The highest BCUT2D eigenvalue weighted by atomic mass is 35.5. The Morgan fingerprint density at radius 1 is 1.33 bits per heavy atom. The highest BCUT2D eigenvalue weighted by Gasteiger charge is 2.24. The fourth-order valence-electron chi connectivity index (χ4n) is 2.11. The van der Waals surface area contributed by atoms with Crippen molar-refractivity contribution in [1.29, 1.82) is 0 Å². The number of ether oxygens (including phenoxy) is 1. The van der Waals surface area contributed by atoms with Crippen molar-refractivity contribution in [3.8, 4) is 0 Å². The molecular formula is C13H20Cl2N2O. The van der Waals surface area contributed by atoms with Gasteiger partial charge in [0, 0.05) is 7.11 Å². The zero-order valence-corrected chi connectivity index (χ0v) is 12.4. The molecule has 5 heteroatoms. The number of hydrogen-bond acceptors (Lipinski definition) is 3. The monoisotopic (exact) mass is 290 g/mol. The van der Waals surface area contributed by atoms with E-state index in [4.69, 9.17) is 33.8 Å². The predicted octanol–water partition coefficient (Wildman–Crippen LogP) is 3.04. The topological polar surface area (TPSA) is 47.3 Å². The zero-order valence-electron chi connectivity index (χ0n) is 10.9. The van der Waals surface area contributed by atoms with Crippen LogP contribution in [0, 0.1) is 5.92 Å².